The van der Waals surface area contributed by atoms with Gasteiger partial charge in [-0.05, 0) is 60.9 Å². The summed E-state index contributed by atoms with van der Waals surface area (Å²) in [6, 6.07) is 29.3. The first-order valence-corrected chi connectivity index (χ1v) is 14.0. The number of amides is 1. The van der Waals surface area contributed by atoms with Gasteiger partial charge in [0.25, 0.3) is 5.91 Å². The first kappa shape index (κ1) is 28.9. The van der Waals surface area contributed by atoms with E-state index in [2.05, 4.69) is 28.2 Å². The molecule has 0 saturated heterocycles. The number of aliphatic carboxylic acids is 1. The molecule has 0 aliphatic rings. The second kappa shape index (κ2) is 13.8. The van der Waals surface area contributed by atoms with E-state index in [1.54, 1.807) is 12.1 Å². The van der Waals surface area contributed by atoms with Crippen LogP contribution in [0.15, 0.2) is 102 Å². The van der Waals surface area contributed by atoms with Crippen molar-refractivity contribution in [1.82, 2.24) is 5.32 Å². The van der Waals surface area contributed by atoms with Crippen LogP contribution in [0.3, 0.4) is 0 Å². The molecule has 0 spiro atoms. The summed E-state index contributed by atoms with van der Waals surface area (Å²) in [6.45, 7) is 4.04. The van der Waals surface area contributed by atoms with Crippen LogP contribution in [0.2, 0.25) is 0 Å². The van der Waals surface area contributed by atoms with Gasteiger partial charge >= 0.3 is 5.97 Å². The average molecular weight is 603 g/mol. The predicted molar refractivity (Wildman–Crippen MR) is 160 cm³/mol. The molecule has 40 heavy (non-hydrogen) atoms. The largest absolute Gasteiger partial charge is 0.490 e. The van der Waals surface area contributed by atoms with Gasteiger partial charge in [0, 0.05) is 10.0 Å². The van der Waals surface area contributed by atoms with E-state index < -0.39 is 17.9 Å². The lowest BCUT2D eigenvalue weighted by Gasteiger charge is -2.21. The molecular weight excluding hydrogens is 570 g/mol. The Kier molecular flexibility index (Phi) is 9.97. The molecule has 2 atom stereocenters. The number of carbonyl (C=O) groups is 2. The quantitative estimate of drug-likeness (QED) is 0.170. The molecule has 0 radical (unpaired) electrons. The van der Waals surface area contributed by atoms with Crippen LogP contribution < -0.4 is 14.8 Å². The van der Waals surface area contributed by atoms with Crippen LogP contribution in [0.5, 0.6) is 17.2 Å². The fourth-order valence-corrected chi connectivity index (χ4v) is 4.79. The van der Waals surface area contributed by atoms with Gasteiger partial charge in [0.1, 0.15) is 17.2 Å². The van der Waals surface area contributed by atoms with Crippen molar-refractivity contribution >= 4 is 27.8 Å². The van der Waals surface area contributed by atoms with Crippen molar-refractivity contribution in [2.45, 2.75) is 45.3 Å². The standard InChI is InChI=1S/C33H32BrNO5/c1-3-9-22(2)39-31-19-18-25(34)20-28(31)33(38)35-29(21-32(36)37)24-16-14-23(15-17-24)27-12-7-8-13-30(27)40-26-10-5-4-6-11-26/h4-8,10-20,22,29H,3,9,21H2,1-2H3,(H,35,38)(H,36,37). The fraction of sp³-hybridized carbons (Fsp3) is 0.212. The Labute approximate surface area is 243 Å². The molecule has 4 aromatic rings. The van der Waals surface area contributed by atoms with Gasteiger partial charge in [-0.15, -0.1) is 0 Å². The molecule has 0 saturated carbocycles. The fourth-order valence-electron chi connectivity index (χ4n) is 4.43. The number of ether oxygens (including phenoxy) is 2. The molecule has 206 valence electrons. The van der Waals surface area contributed by atoms with Crippen LogP contribution in [0.25, 0.3) is 11.1 Å². The van der Waals surface area contributed by atoms with Crippen molar-refractivity contribution in [2.75, 3.05) is 0 Å². The summed E-state index contributed by atoms with van der Waals surface area (Å²) >= 11 is 3.43. The van der Waals surface area contributed by atoms with Gasteiger partial charge in [-0.3, -0.25) is 9.59 Å². The lowest BCUT2D eigenvalue weighted by Crippen LogP contribution is -2.31. The Bertz CT molecular complexity index is 1440. The van der Waals surface area contributed by atoms with Crippen molar-refractivity contribution in [2.24, 2.45) is 0 Å². The van der Waals surface area contributed by atoms with Crippen molar-refractivity contribution in [3.8, 4) is 28.4 Å². The minimum absolute atomic E-state index is 0.0613. The summed E-state index contributed by atoms with van der Waals surface area (Å²) in [5.41, 5.74) is 2.83. The number of nitrogens with one attached hydrogen (secondary N) is 1. The number of rotatable bonds is 12. The van der Waals surface area contributed by atoms with Crippen molar-refractivity contribution in [1.29, 1.82) is 0 Å². The van der Waals surface area contributed by atoms with E-state index in [0.29, 0.717) is 22.6 Å². The van der Waals surface area contributed by atoms with Gasteiger partial charge in [0.15, 0.2) is 0 Å². The molecule has 1 amide bonds. The number of halogens is 1. The Hall–Kier alpha value is -4.10. The van der Waals surface area contributed by atoms with Crippen LogP contribution in [-0.4, -0.2) is 23.1 Å². The third kappa shape index (κ3) is 7.73. The van der Waals surface area contributed by atoms with Gasteiger partial charge in [-0.2, -0.15) is 0 Å². The number of carbonyl (C=O) groups excluding carboxylic acids is 1. The minimum Gasteiger partial charge on any atom is -0.490 e. The first-order valence-electron chi connectivity index (χ1n) is 13.2. The van der Waals surface area contributed by atoms with Gasteiger partial charge in [0.2, 0.25) is 0 Å². The molecule has 0 heterocycles. The summed E-state index contributed by atoms with van der Waals surface area (Å²) < 4.78 is 12.9. The first-order chi connectivity index (χ1) is 19.3. The summed E-state index contributed by atoms with van der Waals surface area (Å²) in [5, 5.41) is 12.5. The van der Waals surface area contributed by atoms with Crippen LogP contribution in [0.4, 0.5) is 0 Å². The maximum Gasteiger partial charge on any atom is 0.305 e. The smallest absolute Gasteiger partial charge is 0.305 e. The van der Waals surface area contributed by atoms with E-state index >= 15 is 0 Å². The van der Waals surface area contributed by atoms with E-state index in [4.69, 9.17) is 9.47 Å². The Morgan fingerprint density at radius 2 is 1.60 bits per heavy atom. The third-order valence-corrected chi connectivity index (χ3v) is 6.87. The van der Waals surface area contributed by atoms with Crippen LogP contribution in [0, 0.1) is 0 Å². The number of benzene rings is 4. The zero-order chi connectivity index (χ0) is 28.5. The number of carboxylic acids is 1. The molecule has 4 aromatic carbocycles. The zero-order valence-electron chi connectivity index (χ0n) is 22.5. The third-order valence-electron chi connectivity index (χ3n) is 6.38. The average Bonchev–Trinajstić information content (AvgIpc) is 2.94. The van der Waals surface area contributed by atoms with E-state index in [1.165, 1.54) is 0 Å². The lowest BCUT2D eigenvalue weighted by atomic mass is 9.98. The minimum atomic E-state index is -1.02. The normalized spacial score (nSPS) is 12.3. The second-order valence-corrected chi connectivity index (χ2v) is 10.4. The van der Waals surface area contributed by atoms with Crippen LogP contribution in [-0.2, 0) is 4.79 Å². The molecular formula is C33H32BrNO5. The zero-order valence-corrected chi connectivity index (χ0v) is 24.1. The molecule has 0 bridgehead atoms. The molecule has 6 nitrogen and oxygen atoms in total. The maximum atomic E-state index is 13.4. The SMILES string of the molecule is CCCC(C)Oc1ccc(Br)cc1C(=O)NC(CC(=O)O)c1ccc(-c2ccccc2Oc2ccccc2)cc1. The molecule has 2 unspecified atom stereocenters. The molecule has 4 rings (SSSR count). The van der Waals surface area contributed by atoms with E-state index in [0.717, 1.165) is 34.2 Å². The molecule has 2 N–H and O–H groups in total. The lowest BCUT2D eigenvalue weighted by molar-refractivity contribution is -0.137. The van der Waals surface area contributed by atoms with Crippen molar-refractivity contribution in [3.05, 3.63) is 113 Å². The summed E-state index contributed by atoms with van der Waals surface area (Å²) in [5.74, 6) is 0.475. The number of para-hydroxylation sites is 2. The highest BCUT2D eigenvalue weighted by molar-refractivity contribution is 9.10. The van der Waals surface area contributed by atoms with E-state index in [1.807, 2.05) is 91.9 Å². The maximum absolute atomic E-state index is 13.4. The molecule has 0 aromatic heterocycles. The molecule has 0 fully saturated rings. The topological polar surface area (TPSA) is 84.9 Å². The van der Waals surface area contributed by atoms with Crippen molar-refractivity contribution in [3.63, 3.8) is 0 Å². The molecule has 0 aliphatic carbocycles. The van der Waals surface area contributed by atoms with Crippen molar-refractivity contribution < 1.29 is 24.2 Å². The van der Waals surface area contributed by atoms with E-state index in [-0.39, 0.29) is 12.5 Å². The Balaban J connectivity index is 1.57. The van der Waals surface area contributed by atoms with Crippen LogP contribution in [0.1, 0.15) is 55.1 Å². The van der Waals surface area contributed by atoms with Gasteiger partial charge < -0.3 is 19.9 Å². The Morgan fingerprint density at radius 3 is 2.30 bits per heavy atom. The number of carboxylic acid groups (broad SMARTS) is 1. The van der Waals surface area contributed by atoms with Crippen LogP contribution >= 0.6 is 15.9 Å². The summed E-state index contributed by atoms with van der Waals surface area (Å²) in [6.07, 6.45) is 1.48. The van der Waals surface area contributed by atoms with E-state index in [9.17, 15) is 14.7 Å². The number of hydrogen-bond acceptors (Lipinski definition) is 4. The molecule has 7 heteroatoms. The number of hydrogen-bond donors (Lipinski definition) is 2. The molecule has 0 aliphatic heterocycles. The summed E-state index contributed by atoms with van der Waals surface area (Å²) in [4.78, 5) is 25.2. The highest BCUT2D eigenvalue weighted by Crippen LogP contribution is 2.34. The second-order valence-electron chi connectivity index (χ2n) is 9.51. The highest BCUT2D eigenvalue weighted by atomic mass is 79.9. The highest BCUT2D eigenvalue weighted by Gasteiger charge is 2.22. The Morgan fingerprint density at radius 1 is 0.900 bits per heavy atom. The van der Waals surface area contributed by atoms with Gasteiger partial charge in [0.05, 0.1) is 24.1 Å². The van der Waals surface area contributed by atoms with Gasteiger partial charge in [-0.25, -0.2) is 0 Å². The predicted octanol–water partition coefficient (Wildman–Crippen LogP) is 8.42. The monoisotopic (exact) mass is 601 g/mol. The summed E-state index contributed by atoms with van der Waals surface area (Å²) in [7, 11) is 0. The van der Waals surface area contributed by atoms with Gasteiger partial charge in [-0.1, -0.05) is 89.9 Å².